The maximum absolute atomic E-state index is 5.91. The Bertz CT molecular complexity index is 260. The summed E-state index contributed by atoms with van der Waals surface area (Å²) in [6.45, 7) is 7.87. The molecule has 3 heteroatoms. The molecule has 0 amide bonds. The number of nitrogens with one attached hydrogen (secondary N) is 1. The molecule has 3 fully saturated rings. The summed E-state index contributed by atoms with van der Waals surface area (Å²) in [6, 6.07) is 0.580. The van der Waals surface area contributed by atoms with Gasteiger partial charge in [-0.1, -0.05) is 12.8 Å². The first-order valence-corrected chi connectivity index (χ1v) is 7.86. The second kappa shape index (κ2) is 5.48. The van der Waals surface area contributed by atoms with Gasteiger partial charge >= 0.3 is 0 Å². The first-order valence-electron chi connectivity index (χ1n) is 7.86. The summed E-state index contributed by atoms with van der Waals surface area (Å²) in [5, 5.41) is 3.45. The summed E-state index contributed by atoms with van der Waals surface area (Å²) in [5.74, 6) is 0. The van der Waals surface area contributed by atoms with Gasteiger partial charge in [0.25, 0.3) is 0 Å². The first-order chi connectivity index (χ1) is 8.79. The van der Waals surface area contributed by atoms with Gasteiger partial charge in [-0.2, -0.15) is 0 Å². The predicted octanol–water partition coefficient (Wildman–Crippen LogP) is 2.02. The zero-order chi connectivity index (χ0) is 12.4. The highest BCUT2D eigenvalue weighted by molar-refractivity contribution is 4.92. The Morgan fingerprint density at radius 3 is 2.50 bits per heavy atom. The van der Waals surface area contributed by atoms with Crippen molar-refractivity contribution in [1.82, 2.24) is 10.2 Å². The van der Waals surface area contributed by atoms with Crippen LogP contribution in [-0.4, -0.2) is 49.8 Å². The quantitative estimate of drug-likeness (QED) is 0.814. The lowest BCUT2D eigenvalue weighted by Crippen LogP contribution is -2.53. The lowest BCUT2D eigenvalue weighted by atomic mass is 9.76. The zero-order valence-electron chi connectivity index (χ0n) is 11.8. The van der Waals surface area contributed by atoms with Gasteiger partial charge in [0.2, 0.25) is 0 Å². The molecule has 1 saturated carbocycles. The second-order valence-electron chi connectivity index (χ2n) is 6.60. The van der Waals surface area contributed by atoms with Crippen molar-refractivity contribution < 1.29 is 4.74 Å². The fourth-order valence-electron chi connectivity index (χ4n) is 4.16. The van der Waals surface area contributed by atoms with Crippen LogP contribution in [0.1, 0.15) is 45.4 Å². The molecule has 3 rings (SSSR count). The third kappa shape index (κ3) is 2.59. The highest BCUT2D eigenvalue weighted by Crippen LogP contribution is 2.46. The Labute approximate surface area is 111 Å². The number of nitrogens with zero attached hydrogens (tertiary/aromatic N) is 1. The van der Waals surface area contributed by atoms with E-state index in [1.54, 1.807) is 0 Å². The third-order valence-corrected chi connectivity index (χ3v) is 5.59. The topological polar surface area (TPSA) is 24.5 Å². The van der Waals surface area contributed by atoms with E-state index >= 15 is 0 Å². The van der Waals surface area contributed by atoms with Crippen molar-refractivity contribution in [3.05, 3.63) is 0 Å². The number of rotatable bonds is 2. The minimum absolute atomic E-state index is 0.399. The van der Waals surface area contributed by atoms with Gasteiger partial charge in [0, 0.05) is 19.1 Å². The Hall–Kier alpha value is -0.120. The summed E-state index contributed by atoms with van der Waals surface area (Å²) in [7, 11) is 0. The van der Waals surface area contributed by atoms with Crippen LogP contribution < -0.4 is 5.32 Å². The van der Waals surface area contributed by atoms with Crippen molar-refractivity contribution in [3.63, 3.8) is 0 Å². The molecule has 3 aliphatic rings. The van der Waals surface area contributed by atoms with Gasteiger partial charge < -0.3 is 10.1 Å². The van der Waals surface area contributed by atoms with Gasteiger partial charge in [-0.15, -0.1) is 0 Å². The lowest BCUT2D eigenvalue weighted by molar-refractivity contribution is -0.0408. The molecule has 104 valence electrons. The zero-order valence-corrected chi connectivity index (χ0v) is 11.8. The molecular formula is C15H28N2O. The van der Waals surface area contributed by atoms with Crippen LogP contribution in [0.5, 0.6) is 0 Å². The number of morpholine rings is 1. The van der Waals surface area contributed by atoms with Crippen LogP contribution in [0.15, 0.2) is 0 Å². The molecule has 2 heterocycles. The second-order valence-corrected chi connectivity index (χ2v) is 6.60. The normalized spacial score (nSPS) is 34.8. The molecule has 2 saturated heterocycles. The van der Waals surface area contributed by atoms with E-state index in [1.807, 2.05) is 0 Å². The van der Waals surface area contributed by atoms with Crippen molar-refractivity contribution in [3.8, 4) is 0 Å². The van der Waals surface area contributed by atoms with Gasteiger partial charge in [-0.25, -0.2) is 0 Å². The molecule has 2 atom stereocenters. The minimum Gasteiger partial charge on any atom is -0.374 e. The lowest BCUT2D eigenvalue weighted by Gasteiger charge is -2.44. The number of hydrogen-bond donors (Lipinski definition) is 1. The maximum Gasteiger partial charge on any atom is 0.0852 e. The van der Waals surface area contributed by atoms with Crippen LogP contribution in [0.2, 0.25) is 0 Å². The molecule has 0 aromatic rings. The van der Waals surface area contributed by atoms with E-state index in [4.69, 9.17) is 4.74 Å². The van der Waals surface area contributed by atoms with Crippen molar-refractivity contribution >= 4 is 0 Å². The fraction of sp³-hybridized carbons (Fsp3) is 1.00. The predicted molar refractivity (Wildman–Crippen MR) is 73.8 cm³/mol. The van der Waals surface area contributed by atoms with Crippen LogP contribution >= 0.6 is 0 Å². The highest BCUT2D eigenvalue weighted by Gasteiger charge is 2.39. The first kappa shape index (κ1) is 12.9. The Balaban J connectivity index is 1.52. The van der Waals surface area contributed by atoms with E-state index in [-0.39, 0.29) is 0 Å². The van der Waals surface area contributed by atoms with E-state index in [0.717, 1.165) is 25.1 Å². The molecule has 18 heavy (non-hydrogen) atoms. The van der Waals surface area contributed by atoms with Crippen LogP contribution in [0.4, 0.5) is 0 Å². The number of likely N-dealkylation sites (tertiary alicyclic amines) is 1. The monoisotopic (exact) mass is 252 g/mol. The van der Waals surface area contributed by atoms with E-state index < -0.39 is 0 Å². The molecule has 3 nitrogen and oxygen atoms in total. The average Bonchev–Trinajstić information content (AvgIpc) is 2.88. The standard InChI is InChI=1S/C15H28N2O/c1-13(14-12-16-8-11-18-14)17-9-6-15(7-10-17)4-2-3-5-15/h13-14,16H,2-12H2,1H3. The summed E-state index contributed by atoms with van der Waals surface area (Å²) in [6.07, 6.45) is 9.20. The summed E-state index contributed by atoms with van der Waals surface area (Å²) in [4.78, 5) is 2.67. The molecule has 1 spiro atoms. The van der Waals surface area contributed by atoms with Gasteiger partial charge in [0.15, 0.2) is 0 Å². The minimum atomic E-state index is 0.399. The number of ether oxygens (including phenoxy) is 1. The van der Waals surface area contributed by atoms with Crippen LogP contribution in [-0.2, 0) is 4.74 Å². The molecule has 1 aliphatic carbocycles. The van der Waals surface area contributed by atoms with E-state index in [1.165, 1.54) is 51.6 Å². The molecule has 0 radical (unpaired) electrons. The van der Waals surface area contributed by atoms with Crippen molar-refractivity contribution in [2.75, 3.05) is 32.8 Å². The third-order valence-electron chi connectivity index (χ3n) is 5.59. The smallest absolute Gasteiger partial charge is 0.0852 e. The summed E-state index contributed by atoms with van der Waals surface area (Å²) < 4.78 is 5.91. The Morgan fingerprint density at radius 1 is 1.17 bits per heavy atom. The molecule has 2 aliphatic heterocycles. The molecular weight excluding hydrogens is 224 g/mol. The SMILES string of the molecule is CC(C1CNCCO1)N1CCC2(CCCC2)CC1. The van der Waals surface area contributed by atoms with Crippen LogP contribution in [0.25, 0.3) is 0 Å². The largest absolute Gasteiger partial charge is 0.374 e. The highest BCUT2D eigenvalue weighted by atomic mass is 16.5. The molecule has 2 unspecified atom stereocenters. The summed E-state index contributed by atoms with van der Waals surface area (Å²) >= 11 is 0. The van der Waals surface area contributed by atoms with Crippen LogP contribution in [0, 0.1) is 5.41 Å². The average molecular weight is 252 g/mol. The van der Waals surface area contributed by atoms with Crippen molar-refractivity contribution in [1.29, 1.82) is 0 Å². The molecule has 0 aromatic heterocycles. The van der Waals surface area contributed by atoms with E-state index in [9.17, 15) is 0 Å². The molecule has 0 bridgehead atoms. The van der Waals surface area contributed by atoms with Crippen LogP contribution in [0.3, 0.4) is 0 Å². The van der Waals surface area contributed by atoms with E-state index in [2.05, 4.69) is 17.1 Å². The van der Waals surface area contributed by atoms with E-state index in [0.29, 0.717) is 12.1 Å². The Kier molecular flexibility index (Phi) is 3.92. The van der Waals surface area contributed by atoms with Crippen molar-refractivity contribution in [2.45, 2.75) is 57.6 Å². The number of hydrogen-bond acceptors (Lipinski definition) is 3. The van der Waals surface area contributed by atoms with Crippen molar-refractivity contribution in [2.24, 2.45) is 5.41 Å². The van der Waals surface area contributed by atoms with Gasteiger partial charge in [0.1, 0.15) is 0 Å². The maximum atomic E-state index is 5.91. The molecule has 0 aromatic carbocycles. The number of piperidine rings is 1. The van der Waals surface area contributed by atoms with Gasteiger partial charge in [-0.05, 0) is 51.1 Å². The van der Waals surface area contributed by atoms with Gasteiger partial charge in [0.05, 0.1) is 12.7 Å². The summed E-state index contributed by atoms with van der Waals surface area (Å²) in [5.41, 5.74) is 0.738. The Morgan fingerprint density at radius 2 is 1.89 bits per heavy atom. The van der Waals surface area contributed by atoms with Gasteiger partial charge in [-0.3, -0.25) is 4.90 Å². The molecule has 1 N–H and O–H groups in total. The fourth-order valence-corrected chi connectivity index (χ4v) is 4.16.